The topological polar surface area (TPSA) is 138 Å². The third kappa shape index (κ3) is 9.58. The lowest BCUT2D eigenvalue weighted by atomic mass is 10.0. The van der Waals surface area contributed by atoms with Gasteiger partial charge in [0.15, 0.2) is 11.5 Å². The van der Waals surface area contributed by atoms with E-state index in [2.05, 4.69) is 44.6 Å². The molecule has 0 unspecified atom stereocenters. The van der Waals surface area contributed by atoms with E-state index in [4.69, 9.17) is 4.74 Å². The van der Waals surface area contributed by atoms with E-state index in [1.165, 1.54) is 13.2 Å². The number of amides is 2. The van der Waals surface area contributed by atoms with Crippen LogP contribution in [0, 0.1) is 13.8 Å². The number of hydrogen-bond acceptors (Lipinski definition) is 7. The molecule has 10 heteroatoms. The fourth-order valence-corrected chi connectivity index (χ4v) is 5.82. The van der Waals surface area contributed by atoms with Crippen LogP contribution >= 0.6 is 0 Å². The minimum atomic E-state index is -0.684. The maximum absolute atomic E-state index is 12.8. The molecule has 2 aromatic heterocycles. The van der Waals surface area contributed by atoms with Gasteiger partial charge in [-0.1, -0.05) is 48.5 Å². The summed E-state index contributed by atoms with van der Waals surface area (Å²) in [6, 6.07) is 28.1. The summed E-state index contributed by atoms with van der Waals surface area (Å²) in [5, 5.41) is 29.8. The molecule has 5 rings (SSSR count). The first kappa shape index (κ1) is 35.8. The fraction of sp³-hybridized carbons (Fsp3) is 0.275. The smallest absolute Gasteiger partial charge is 0.251 e. The summed E-state index contributed by atoms with van der Waals surface area (Å²) < 4.78 is 7.20. The first-order valence-corrected chi connectivity index (χ1v) is 16.7. The second kappa shape index (κ2) is 16.8. The zero-order valence-corrected chi connectivity index (χ0v) is 28.9. The van der Waals surface area contributed by atoms with E-state index in [1.54, 1.807) is 30.5 Å². The van der Waals surface area contributed by atoms with Crippen LogP contribution in [0.1, 0.15) is 62.6 Å². The summed E-state index contributed by atoms with van der Waals surface area (Å²) in [6.07, 6.45) is 2.04. The maximum atomic E-state index is 12.8. The zero-order valence-electron chi connectivity index (χ0n) is 28.9. The van der Waals surface area contributed by atoms with Gasteiger partial charge in [-0.05, 0) is 91.9 Å². The third-order valence-electron chi connectivity index (χ3n) is 8.62. The molecule has 0 saturated carbocycles. The number of phenols is 1. The third-order valence-corrected chi connectivity index (χ3v) is 8.62. The number of phenolic OH excluding ortho intramolecular Hbond substituents is 1. The van der Waals surface area contributed by atoms with Crippen molar-refractivity contribution in [3.63, 3.8) is 0 Å². The quantitative estimate of drug-likeness (QED) is 0.102. The Morgan fingerprint density at radius 3 is 2.24 bits per heavy atom. The molecular formula is C40H45N5O5. The van der Waals surface area contributed by atoms with Crippen molar-refractivity contribution < 1.29 is 24.5 Å². The van der Waals surface area contributed by atoms with E-state index >= 15 is 0 Å². The highest BCUT2D eigenvalue weighted by molar-refractivity contribution is 5.94. The number of aliphatic hydroxyl groups excluding tert-OH is 1. The number of aliphatic hydroxyl groups is 1. The number of hydrogen-bond donors (Lipinski definition) is 5. The summed E-state index contributed by atoms with van der Waals surface area (Å²) in [4.78, 5) is 30.0. The number of aryl methyl sites for hydroxylation is 2. The number of rotatable bonds is 15. The highest BCUT2D eigenvalue weighted by atomic mass is 16.5. The van der Waals surface area contributed by atoms with Crippen molar-refractivity contribution in [3.05, 3.63) is 142 Å². The van der Waals surface area contributed by atoms with Gasteiger partial charge in [0.25, 0.3) is 5.91 Å². The second-order valence-corrected chi connectivity index (χ2v) is 12.6. The summed E-state index contributed by atoms with van der Waals surface area (Å²) in [5.41, 5.74) is 7.19. The Morgan fingerprint density at radius 1 is 0.840 bits per heavy atom. The van der Waals surface area contributed by atoms with Crippen LogP contribution < -0.4 is 20.7 Å². The number of methoxy groups -OCH3 is 1. The molecule has 0 spiro atoms. The maximum Gasteiger partial charge on any atom is 0.251 e. The number of aromatic nitrogens is 2. The lowest BCUT2D eigenvalue weighted by Gasteiger charge is -2.18. The molecule has 5 aromatic rings. The second-order valence-electron chi connectivity index (χ2n) is 12.6. The van der Waals surface area contributed by atoms with Crippen molar-refractivity contribution in [2.45, 2.75) is 58.8 Å². The van der Waals surface area contributed by atoms with Crippen LogP contribution in [0.25, 0.3) is 5.82 Å². The van der Waals surface area contributed by atoms with Gasteiger partial charge in [-0.15, -0.1) is 0 Å². The van der Waals surface area contributed by atoms with E-state index in [1.807, 2.05) is 62.4 Å². The number of carbonyl (C=O) groups is 2. The normalized spacial score (nSPS) is 12.3. The van der Waals surface area contributed by atoms with Crippen molar-refractivity contribution >= 4 is 11.8 Å². The molecular weight excluding hydrogens is 630 g/mol. The highest BCUT2D eigenvalue weighted by Crippen LogP contribution is 2.26. The number of pyridine rings is 1. The van der Waals surface area contributed by atoms with Crippen LogP contribution in [0.4, 0.5) is 0 Å². The van der Waals surface area contributed by atoms with E-state index in [0.29, 0.717) is 24.4 Å². The summed E-state index contributed by atoms with van der Waals surface area (Å²) >= 11 is 0. The minimum Gasteiger partial charge on any atom is -0.504 e. The molecule has 2 atom stereocenters. The van der Waals surface area contributed by atoms with Gasteiger partial charge < -0.3 is 35.5 Å². The standard InChI is InChI=1S/C40H45N5O5/c1-26(41-25-36(47)34-15-17-38(42-24-34)45-27(2)8-9-28(45)3)18-30-6-5-7-31(19-30)21-39(48)43-22-29-10-13-33(14-11-29)40(49)44-23-32-12-16-35(46)37(20-32)50-4/h5-17,19-20,24,26,36,41,46-47H,18,21-23,25H2,1-4H3,(H,43,48)(H,44,49)/t26-,36-/m1/s1. The van der Waals surface area contributed by atoms with Crippen LogP contribution in [0.5, 0.6) is 11.5 Å². The first-order chi connectivity index (χ1) is 24.1. The van der Waals surface area contributed by atoms with Gasteiger partial charge in [-0.25, -0.2) is 4.98 Å². The van der Waals surface area contributed by atoms with Gasteiger partial charge in [-0.2, -0.15) is 0 Å². The minimum absolute atomic E-state index is 0.0423. The predicted octanol–water partition coefficient (Wildman–Crippen LogP) is 5.25. The molecule has 0 radical (unpaired) electrons. The average Bonchev–Trinajstić information content (AvgIpc) is 3.46. The molecule has 0 aliphatic heterocycles. The lowest BCUT2D eigenvalue weighted by Crippen LogP contribution is -2.32. The Labute approximate surface area is 293 Å². The lowest BCUT2D eigenvalue weighted by molar-refractivity contribution is -0.120. The predicted molar refractivity (Wildman–Crippen MR) is 193 cm³/mol. The van der Waals surface area contributed by atoms with Gasteiger partial charge in [-0.3, -0.25) is 9.59 Å². The Hall–Kier alpha value is -5.45. The Morgan fingerprint density at radius 2 is 1.54 bits per heavy atom. The largest absolute Gasteiger partial charge is 0.504 e. The van der Waals surface area contributed by atoms with Crippen LogP contribution in [-0.4, -0.2) is 51.3 Å². The van der Waals surface area contributed by atoms with Crippen LogP contribution in [-0.2, 0) is 30.7 Å². The van der Waals surface area contributed by atoms with Crippen LogP contribution in [0.15, 0.2) is 97.2 Å². The van der Waals surface area contributed by atoms with Crippen LogP contribution in [0.3, 0.4) is 0 Å². The SMILES string of the molecule is COc1cc(CNC(=O)c2ccc(CNC(=O)Cc3cccc(C[C@@H](C)NC[C@@H](O)c4ccc(-n5c(C)ccc5C)nc4)c3)cc2)ccc1O. The van der Waals surface area contributed by atoms with E-state index in [-0.39, 0.29) is 36.6 Å². The number of nitrogens with zero attached hydrogens (tertiary/aromatic N) is 2. The van der Waals surface area contributed by atoms with Crippen LogP contribution in [0.2, 0.25) is 0 Å². The Bertz CT molecular complexity index is 1880. The number of benzene rings is 3. The summed E-state index contributed by atoms with van der Waals surface area (Å²) in [7, 11) is 1.47. The Balaban J connectivity index is 1.04. The van der Waals surface area contributed by atoms with E-state index in [0.717, 1.165) is 51.4 Å². The molecule has 2 heterocycles. The van der Waals surface area contributed by atoms with E-state index in [9.17, 15) is 19.8 Å². The molecule has 260 valence electrons. The number of ether oxygens (including phenoxy) is 1. The molecule has 3 aromatic carbocycles. The van der Waals surface area contributed by atoms with Gasteiger partial charge in [0, 0.05) is 54.4 Å². The molecule has 0 aliphatic rings. The molecule has 0 aliphatic carbocycles. The molecule has 0 fully saturated rings. The van der Waals surface area contributed by atoms with Crippen molar-refractivity contribution in [1.82, 2.24) is 25.5 Å². The monoisotopic (exact) mass is 675 g/mol. The number of aromatic hydroxyl groups is 1. The molecule has 10 nitrogen and oxygen atoms in total. The average molecular weight is 676 g/mol. The van der Waals surface area contributed by atoms with Crippen molar-refractivity contribution in [1.29, 1.82) is 0 Å². The van der Waals surface area contributed by atoms with Crippen molar-refractivity contribution in [2.24, 2.45) is 0 Å². The van der Waals surface area contributed by atoms with Gasteiger partial charge in [0.05, 0.1) is 19.6 Å². The molecule has 0 bridgehead atoms. The van der Waals surface area contributed by atoms with Crippen molar-refractivity contribution in [3.8, 4) is 17.3 Å². The summed E-state index contributed by atoms with van der Waals surface area (Å²) in [6.45, 7) is 7.19. The van der Waals surface area contributed by atoms with E-state index < -0.39 is 6.10 Å². The number of carbonyl (C=O) groups excluding carboxylic acids is 2. The molecule has 5 N–H and O–H groups in total. The number of nitrogens with one attached hydrogen (secondary N) is 3. The highest BCUT2D eigenvalue weighted by Gasteiger charge is 2.13. The van der Waals surface area contributed by atoms with Crippen molar-refractivity contribution in [2.75, 3.05) is 13.7 Å². The van der Waals surface area contributed by atoms with Gasteiger partial charge >= 0.3 is 0 Å². The first-order valence-electron chi connectivity index (χ1n) is 16.7. The zero-order chi connectivity index (χ0) is 35.6. The summed E-state index contributed by atoms with van der Waals surface area (Å²) in [5.74, 6) is 0.901. The molecule has 2 amide bonds. The fourth-order valence-electron chi connectivity index (χ4n) is 5.82. The molecule has 0 saturated heterocycles. The van der Waals surface area contributed by atoms with Gasteiger partial charge in [0.1, 0.15) is 5.82 Å². The molecule has 50 heavy (non-hydrogen) atoms. The Kier molecular flexibility index (Phi) is 12.0. The van der Waals surface area contributed by atoms with Gasteiger partial charge in [0.2, 0.25) is 5.91 Å².